The van der Waals surface area contributed by atoms with Crippen molar-refractivity contribution in [2.24, 2.45) is 4.99 Å². The number of carbonyl (C=O) groups excluding carboxylic acids is 2. The highest BCUT2D eigenvalue weighted by molar-refractivity contribution is 5.95. The molecule has 210 valence electrons. The molecule has 0 bridgehead atoms. The minimum absolute atomic E-state index is 0.0827. The van der Waals surface area contributed by atoms with Gasteiger partial charge in [-0.2, -0.15) is 0 Å². The number of ether oxygens (including phenoxy) is 1. The van der Waals surface area contributed by atoms with Crippen LogP contribution in [-0.4, -0.2) is 61.0 Å². The first-order valence-electron chi connectivity index (χ1n) is 13.3. The molecule has 4 rings (SSSR count). The quantitative estimate of drug-likeness (QED) is 0.365. The second kappa shape index (κ2) is 12.3. The highest BCUT2D eigenvalue weighted by Crippen LogP contribution is 2.48. The molecule has 1 heterocycles. The fraction of sp³-hybridized carbons (Fsp3) is 0.500. The van der Waals surface area contributed by atoms with Gasteiger partial charge >= 0.3 is 0 Å². The Morgan fingerprint density at radius 2 is 1.72 bits per heavy atom. The maximum atomic E-state index is 13.4. The van der Waals surface area contributed by atoms with Gasteiger partial charge in [-0.25, -0.2) is 13.8 Å². The number of carbonyl (C=O) groups is 2. The average molecular weight is 542 g/mol. The fourth-order valence-electron chi connectivity index (χ4n) is 5.79. The Kier molecular flexibility index (Phi) is 9.12. The molecule has 0 saturated heterocycles. The van der Waals surface area contributed by atoms with Crippen LogP contribution >= 0.6 is 0 Å². The van der Waals surface area contributed by atoms with Gasteiger partial charge in [0.05, 0.1) is 38.1 Å². The number of amides is 2. The highest BCUT2D eigenvalue weighted by Gasteiger charge is 2.50. The van der Waals surface area contributed by atoms with Gasteiger partial charge in [0.15, 0.2) is 0 Å². The number of nitrogens with zero attached hydrogens (tertiary/aromatic N) is 3. The predicted molar refractivity (Wildman–Crippen MR) is 144 cm³/mol. The van der Waals surface area contributed by atoms with Crippen LogP contribution in [0.3, 0.4) is 0 Å². The summed E-state index contributed by atoms with van der Waals surface area (Å²) in [6, 6.07) is 15.1. The van der Waals surface area contributed by atoms with E-state index in [4.69, 9.17) is 9.57 Å². The average Bonchev–Trinajstić information content (AvgIpc) is 3.42. The maximum absolute atomic E-state index is 13.4. The van der Waals surface area contributed by atoms with E-state index in [0.717, 1.165) is 11.1 Å². The molecule has 0 spiro atoms. The zero-order valence-corrected chi connectivity index (χ0v) is 22.9. The Morgan fingerprint density at radius 1 is 1.08 bits per heavy atom. The van der Waals surface area contributed by atoms with Crippen LogP contribution in [0.5, 0.6) is 0 Å². The number of hydrogen-bond acceptors (Lipinski definition) is 5. The number of alkyl halides is 2. The van der Waals surface area contributed by atoms with Crippen LogP contribution in [0.1, 0.15) is 67.4 Å². The Morgan fingerprint density at radius 3 is 2.26 bits per heavy atom. The summed E-state index contributed by atoms with van der Waals surface area (Å²) in [7, 11) is 3.00. The second-order valence-electron chi connectivity index (χ2n) is 10.6. The second-order valence-corrected chi connectivity index (χ2v) is 10.6. The summed E-state index contributed by atoms with van der Waals surface area (Å²) < 4.78 is 33.2. The van der Waals surface area contributed by atoms with Crippen molar-refractivity contribution in [2.45, 2.75) is 69.4 Å². The number of benzene rings is 2. The minimum Gasteiger partial charge on any atom is -0.373 e. The van der Waals surface area contributed by atoms with Crippen molar-refractivity contribution < 1.29 is 27.9 Å². The van der Waals surface area contributed by atoms with E-state index < -0.39 is 18.9 Å². The Bertz CT molecular complexity index is 1160. The molecule has 9 heteroatoms. The molecular formula is C30H37F2N3O4. The van der Waals surface area contributed by atoms with Gasteiger partial charge in [-0.3, -0.25) is 24.3 Å². The van der Waals surface area contributed by atoms with Crippen LogP contribution in [0.2, 0.25) is 0 Å². The van der Waals surface area contributed by atoms with Crippen molar-refractivity contribution in [3.63, 3.8) is 0 Å². The molecule has 2 aromatic carbocycles. The molecule has 0 N–H and O–H groups in total. The van der Waals surface area contributed by atoms with Crippen LogP contribution in [-0.2, 0) is 37.9 Å². The van der Waals surface area contributed by atoms with Crippen molar-refractivity contribution in [3.8, 4) is 0 Å². The predicted octanol–water partition coefficient (Wildman–Crippen LogP) is 5.23. The first-order valence-corrected chi connectivity index (χ1v) is 13.3. The van der Waals surface area contributed by atoms with Gasteiger partial charge < -0.3 is 4.74 Å². The number of hydrogen-bond donors (Lipinski definition) is 0. The Balaban J connectivity index is 1.59. The lowest BCUT2D eigenvalue weighted by Crippen LogP contribution is -2.56. The van der Waals surface area contributed by atoms with Crippen LogP contribution in [0, 0.1) is 0 Å². The van der Waals surface area contributed by atoms with Gasteiger partial charge in [-0.15, -0.1) is 0 Å². The van der Waals surface area contributed by atoms with Crippen LogP contribution in [0.25, 0.3) is 0 Å². The molecule has 2 aliphatic rings. The summed E-state index contributed by atoms with van der Waals surface area (Å²) in [5.41, 5.74) is 1.64. The normalized spacial score (nSPS) is 23.7. The molecule has 7 nitrogen and oxygen atoms in total. The molecule has 1 aliphatic heterocycles. The number of hydroxylamine groups is 2. The van der Waals surface area contributed by atoms with E-state index in [0.29, 0.717) is 43.4 Å². The van der Waals surface area contributed by atoms with Gasteiger partial charge in [0.25, 0.3) is 0 Å². The molecular weight excluding hydrogens is 504 g/mol. The summed E-state index contributed by atoms with van der Waals surface area (Å²) in [6.45, 7) is 1.02. The van der Waals surface area contributed by atoms with Gasteiger partial charge in [0, 0.05) is 12.5 Å². The van der Waals surface area contributed by atoms with E-state index in [1.165, 1.54) is 18.2 Å². The number of rotatable bonds is 11. The fourth-order valence-corrected chi connectivity index (χ4v) is 5.79. The van der Waals surface area contributed by atoms with E-state index in [9.17, 15) is 18.4 Å². The number of halogens is 2. The van der Waals surface area contributed by atoms with Crippen molar-refractivity contribution in [3.05, 3.63) is 70.8 Å². The summed E-state index contributed by atoms with van der Waals surface area (Å²) in [4.78, 5) is 36.7. The highest BCUT2D eigenvalue weighted by atomic mass is 19.1. The smallest absolute Gasteiger partial charge is 0.249 e. The van der Waals surface area contributed by atoms with E-state index in [1.807, 2.05) is 25.1 Å². The van der Waals surface area contributed by atoms with Gasteiger partial charge in [-0.05, 0) is 54.9 Å². The largest absolute Gasteiger partial charge is 0.373 e. The molecule has 1 aliphatic carbocycles. The van der Waals surface area contributed by atoms with E-state index >= 15 is 0 Å². The number of aliphatic imine (C=N–C) groups is 1. The third kappa shape index (κ3) is 6.20. The minimum atomic E-state index is -0.712. The van der Waals surface area contributed by atoms with Crippen LogP contribution in [0.4, 0.5) is 8.78 Å². The molecule has 0 aromatic heterocycles. The van der Waals surface area contributed by atoms with Crippen molar-refractivity contribution >= 4 is 18.2 Å². The summed E-state index contributed by atoms with van der Waals surface area (Å²) in [5, 5.41) is 1.19. The van der Waals surface area contributed by atoms with Crippen molar-refractivity contribution in [1.29, 1.82) is 0 Å². The summed E-state index contributed by atoms with van der Waals surface area (Å²) in [5.74, 6) is -0.324. The molecule has 2 amide bonds. The molecule has 1 fully saturated rings. The molecule has 2 aromatic rings. The first-order chi connectivity index (χ1) is 18.8. The monoisotopic (exact) mass is 541 g/mol. The molecule has 39 heavy (non-hydrogen) atoms. The maximum Gasteiger partial charge on any atom is 0.249 e. The lowest BCUT2D eigenvalue weighted by atomic mass is 9.63. The Labute approximate surface area is 228 Å². The van der Waals surface area contributed by atoms with E-state index in [2.05, 4.69) is 17.1 Å². The third-order valence-electron chi connectivity index (χ3n) is 8.30. The van der Waals surface area contributed by atoms with Gasteiger partial charge in [-0.1, -0.05) is 48.5 Å². The lowest BCUT2D eigenvalue weighted by Gasteiger charge is -2.50. The molecule has 0 radical (unpaired) electrons. The first kappa shape index (κ1) is 28.8. The van der Waals surface area contributed by atoms with E-state index in [-0.39, 0.29) is 36.3 Å². The standard InChI is InChI=1S/C30H37F2N3O4/c1-22(25-14-23(17-31)13-24(15-25)18-32)39-20-29(26-7-5-4-6-8-26)9-11-30(12-10-29,16-27(36)34(2)38-3)35-21-33-19-28(35)37/h4-8,13-15,21-22H,9-12,16-20H2,1-3H3/t22-,29?,30?/m1/s1. The van der Waals surface area contributed by atoms with Crippen LogP contribution in [0.15, 0.2) is 53.5 Å². The third-order valence-corrected chi connectivity index (χ3v) is 8.30. The van der Waals surface area contributed by atoms with Crippen molar-refractivity contribution in [1.82, 2.24) is 9.96 Å². The molecule has 0 unspecified atom stereocenters. The summed E-state index contributed by atoms with van der Waals surface area (Å²) >= 11 is 0. The van der Waals surface area contributed by atoms with E-state index in [1.54, 1.807) is 30.4 Å². The summed E-state index contributed by atoms with van der Waals surface area (Å²) in [6.07, 6.45) is 3.81. The van der Waals surface area contributed by atoms with Gasteiger partial charge in [0.2, 0.25) is 11.8 Å². The molecule has 1 saturated carbocycles. The zero-order chi connectivity index (χ0) is 28.0. The molecule has 1 atom stereocenters. The Hall–Kier alpha value is -3.17. The lowest BCUT2D eigenvalue weighted by molar-refractivity contribution is -0.172. The zero-order valence-electron chi connectivity index (χ0n) is 22.9. The topological polar surface area (TPSA) is 71.4 Å². The van der Waals surface area contributed by atoms with Crippen molar-refractivity contribution in [2.75, 3.05) is 27.3 Å². The van der Waals surface area contributed by atoms with Crippen LogP contribution < -0.4 is 0 Å². The van der Waals surface area contributed by atoms with Gasteiger partial charge in [0.1, 0.15) is 19.9 Å². The SMILES string of the molecule is CON(C)C(=O)CC1(N2C=NCC2=O)CCC(CO[C@H](C)c2cc(CF)cc(CF)c2)(c2ccccc2)CC1.